The molecule has 1 unspecified atom stereocenters. The number of rotatable bonds is 7. The monoisotopic (exact) mass is 518 g/mol. The fraction of sp³-hybridized carbons (Fsp3) is 0.381. The van der Waals surface area contributed by atoms with Gasteiger partial charge in [0.05, 0.1) is 13.2 Å². The molecule has 0 aliphatic carbocycles. The number of hydrogen-bond acceptors (Lipinski definition) is 3. The van der Waals surface area contributed by atoms with E-state index in [2.05, 4.69) is 15.6 Å². The van der Waals surface area contributed by atoms with Crippen LogP contribution < -0.4 is 15.4 Å². The topological polar surface area (TPSA) is 48.9 Å². The number of halogens is 3. The van der Waals surface area contributed by atoms with Gasteiger partial charge in [-0.05, 0) is 44.8 Å². The molecule has 2 rings (SSSR count). The third-order valence-corrected chi connectivity index (χ3v) is 4.53. The molecule has 0 saturated carbocycles. The summed E-state index contributed by atoms with van der Waals surface area (Å²) in [5, 5.41) is 6.35. The summed E-state index contributed by atoms with van der Waals surface area (Å²) >= 11 is 0. The van der Waals surface area contributed by atoms with E-state index in [-0.39, 0.29) is 36.1 Å². The molecule has 2 aromatic carbocycles. The van der Waals surface area contributed by atoms with Crippen LogP contribution in [0.2, 0.25) is 0 Å². The molecular formula is C21H29F2IN4O. The van der Waals surface area contributed by atoms with Crippen molar-refractivity contribution in [2.75, 3.05) is 34.8 Å². The first kappa shape index (κ1) is 25.1. The van der Waals surface area contributed by atoms with E-state index in [1.54, 1.807) is 33.2 Å². The molecule has 5 nitrogen and oxygen atoms in total. The first-order valence-electron chi connectivity index (χ1n) is 9.05. The van der Waals surface area contributed by atoms with Gasteiger partial charge >= 0.3 is 0 Å². The molecule has 2 N–H and O–H groups in total. The number of nitrogens with one attached hydrogen (secondary N) is 2. The standard InChI is InChI=1S/C21H28F2N4O.HI/c1-14-9-10-15(19(11-14)28-5)12-25-21(24-2)26-13-18(27(3)4)20-16(22)7-6-8-17(20)23;/h6-11,18H,12-13H2,1-5H3,(H2,24,25,26);1H. The number of aryl methyl sites for hydroxylation is 1. The van der Waals surface area contributed by atoms with Gasteiger partial charge in [0.15, 0.2) is 5.96 Å². The van der Waals surface area contributed by atoms with Crippen LogP contribution in [0.5, 0.6) is 5.75 Å². The average Bonchev–Trinajstić information content (AvgIpc) is 2.66. The van der Waals surface area contributed by atoms with Gasteiger partial charge in [0.2, 0.25) is 0 Å². The lowest BCUT2D eigenvalue weighted by Crippen LogP contribution is -2.41. The third kappa shape index (κ3) is 6.81. The summed E-state index contributed by atoms with van der Waals surface area (Å²) in [6.45, 7) is 2.79. The summed E-state index contributed by atoms with van der Waals surface area (Å²) in [5.74, 6) is 0.203. The number of aliphatic imine (C=N–C) groups is 1. The van der Waals surface area contributed by atoms with E-state index >= 15 is 0 Å². The van der Waals surface area contributed by atoms with Crippen molar-refractivity contribution >= 4 is 29.9 Å². The number of nitrogens with zero attached hydrogens (tertiary/aromatic N) is 2. The van der Waals surface area contributed by atoms with E-state index in [9.17, 15) is 8.78 Å². The lowest BCUT2D eigenvalue weighted by atomic mass is 10.0. The Morgan fingerprint density at radius 2 is 1.79 bits per heavy atom. The highest BCUT2D eigenvalue weighted by Gasteiger charge is 2.22. The van der Waals surface area contributed by atoms with Crippen LogP contribution in [0.15, 0.2) is 41.4 Å². The van der Waals surface area contributed by atoms with Gasteiger partial charge in [-0.25, -0.2) is 8.78 Å². The molecule has 29 heavy (non-hydrogen) atoms. The highest BCUT2D eigenvalue weighted by molar-refractivity contribution is 14.0. The average molecular weight is 518 g/mol. The van der Waals surface area contributed by atoms with Gasteiger partial charge in [-0.3, -0.25) is 4.99 Å². The molecule has 0 aliphatic rings. The van der Waals surface area contributed by atoms with Gasteiger partial charge in [0.1, 0.15) is 17.4 Å². The first-order chi connectivity index (χ1) is 13.4. The molecular weight excluding hydrogens is 489 g/mol. The number of likely N-dealkylation sites (N-methyl/N-ethyl adjacent to an activating group) is 1. The SMILES string of the molecule is CN=C(NCc1ccc(C)cc1OC)NCC(c1c(F)cccc1F)N(C)C.I. The summed E-state index contributed by atoms with van der Waals surface area (Å²) in [6.07, 6.45) is 0. The molecule has 0 amide bonds. The second kappa shape index (κ2) is 11.9. The quantitative estimate of drug-likeness (QED) is 0.332. The van der Waals surface area contributed by atoms with Crippen LogP contribution in [0.25, 0.3) is 0 Å². The van der Waals surface area contributed by atoms with Crippen molar-refractivity contribution < 1.29 is 13.5 Å². The van der Waals surface area contributed by atoms with Crippen molar-refractivity contribution in [1.82, 2.24) is 15.5 Å². The second-order valence-corrected chi connectivity index (χ2v) is 6.74. The predicted octanol–water partition coefficient (Wildman–Crippen LogP) is 3.87. The maximum atomic E-state index is 14.2. The Hall–Kier alpha value is -1.94. The van der Waals surface area contributed by atoms with Crippen LogP contribution in [-0.4, -0.2) is 45.7 Å². The summed E-state index contributed by atoms with van der Waals surface area (Å²) in [6, 6.07) is 9.38. The number of benzene rings is 2. The Kier molecular flexibility index (Phi) is 10.3. The number of ether oxygens (including phenoxy) is 1. The molecule has 0 radical (unpaired) electrons. The molecule has 0 aliphatic heterocycles. The lowest BCUT2D eigenvalue weighted by molar-refractivity contribution is 0.282. The van der Waals surface area contributed by atoms with Crippen molar-refractivity contribution in [2.24, 2.45) is 4.99 Å². The maximum absolute atomic E-state index is 14.2. The minimum Gasteiger partial charge on any atom is -0.496 e. The van der Waals surface area contributed by atoms with Gasteiger partial charge in [0.25, 0.3) is 0 Å². The van der Waals surface area contributed by atoms with Crippen LogP contribution in [0.1, 0.15) is 22.7 Å². The van der Waals surface area contributed by atoms with Crippen molar-refractivity contribution in [2.45, 2.75) is 19.5 Å². The highest BCUT2D eigenvalue weighted by Crippen LogP contribution is 2.24. The Morgan fingerprint density at radius 1 is 1.14 bits per heavy atom. The normalized spacial score (nSPS) is 12.3. The highest BCUT2D eigenvalue weighted by atomic mass is 127. The zero-order valence-corrected chi connectivity index (χ0v) is 19.8. The number of guanidine groups is 1. The molecule has 0 bridgehead atoms. The minimum atomic E-state index is -0.562. The molecule has 0 fully saturated rings. The van der Waals surface area contributed by atoms with Crippen LogP contribution in [0, 0.1) is 18.6 Å². The Morgan fingerprint density at radius 3 is 2.34 bits per heavy atom. The summed E-state index contributed by atoms with van der Waals surface area (Å²) in [5.41, 5.74) is 2.14. The molecule has 8 heteroatoms. The van der Waals surface area contributed by atoms with Crippen LogP contribution in [0.3, 0.4) is 0 Å². The molecule has 0 aromatic heterocycles. The van der Waals surface area contributed by atoms with E-state index in [0.717, 1.165) is 16.9 Å². The van der Waals surface area contributed by atoms with Crippen molar-refractivity contribution in [3.63, 3.8) is 0 Å². The van der Waals surface area contributed by atoms with Gasteiger partial charge in [-0.15, -0.1) is 24.0 Å². The lowest BCUT2D eigenvalue weighted by Gasteiger charge is -2.26. The molecule has 0 saturated heterocycles. The van der Waals surface area contributed by atoms with Gasteiger partial charge in [-0.2, -0.15) is 0 Å². The Labute approximate surface area is 188 Å². The van der Waals surface area contributed by atoms with E-state index < -0.39 is 17.7 Å². The zero-order valence-electron chi connectivity index (χ0n) is 17.4. The molecule has 2 aromatic rings. The van der Waals surface area contributed by atoms with E-state index in [1.807, 2.05) is 25.1 Å². The number of methoxy groups -OCH3 is 1. The first-order valence-corrected chi connectivity index (χ1v) is 9.05. The van der Waals surface area contributed by atoms with Crippen LogP contribution in [-0.2, 0) is 6.54 Å². The fourth-order valence-corrected chi connectivity index (χ4v) is 2.96. The molecule has 0 spiro atoms. The van der Waals surface area contributed by atoms with E-state index in [1.165, 1.54) is 18.2 Å². The molecule has 0 heterocycles. The van der Waals surface area contributed by atoms with Gasteiger partial charge < -0.3 is 20.3 Å². The summed E-state index contributed by atoms with van der Waals surface area (Å²) < 4.78 is 33.8. The second-order valence-electron chi connectivity index (χ2n) is 6.74. The minimum absolute atomic E-state index is 0. The van der Waals surface area contributed by atoms with Crippen molar-refractivity contribution in [3.8, 4) is 5.75 Å². The Balaban J connectivity index is 0.00000420. The van der Waals surface area contributed by atoms with Crippen LogP contribution >= 0.6 is 24.0 Å². The predicted molar refractivity (Wildman–Crippen MR) is 124 cm³/mol. The zero-order chi connectivity index (χ0) is 20.7. The van der Waals surface area contributed by atoms with Crippen molar-refractivity contribution in [3.05, 3.63) is 64.7 Å². The van der Waals surface area contributed by atoms with E-state index in [0.29, 0.717) is 12.5 Å². The largest absolute Gasteiger partial charge is 0.496 e. The maximum Gasteiger partial charge on any atom is 0.191 e. The smallest absolute Gasteiger partial charge is 0.191 e. The fourth-order valence-electron chi connectivity index (χ4n) is 2.96. The molecule has 160 valence electrons. The summed E-state index contributed by atoms with van der Waals surface area (Å²) in [7, 11) is 6.85. The van der Waals surface area contributed by atoms with Gasteiger partial charge in [-0.1, -0.05) is 18.2 Å². The molecule has 1 atom stereocenters. The van der Waals surface area contributed by atoms with Gasteiger partial charge in [0, 0.05) is 31.3 Å². The Bertz CT molecular complexity index is 810. The van der Waals surface area contributed by atoms with Crippen molar-refractivity contribution in [1.29, 1.82) is 0 Å². The third-order valence-electron chi connectivity index (χ3n) is 4.53. The number of hydrogen-bond donors (Lipinski definition) is 2. The van der Waals surface area contributed by atoms with E-state index in [4.69, 9.17) is 4.74 Å². The summed E-state index contributed by atoms with van der Waals surface area (Å²) in [4.78, 5) is 5.96. The van der Waals surface area contributed by atoms with Crippen LogP contribution in [0.4, 0.5) is 8.78 Å².